The fraction of sp³-hybridized carbons (Fsp3) is 0. The smallest absolute Gasteiger partial charge is 0.172 e. The highest BCUT2D eigenvalue weighted by molar-refractivity contribution is 7.17. The van der Waals surface area contributed by atoms with E-state index in [1.165, 1.54) is 22.7 Å². The van der Waals surface area contributed by atoms with E-state index in [1.807, 2.05) is 35.3 Å². The molecular formula is C12H4N4S2. The summed E-state index contributed by atoms with van der Waals surface area (Å²) in [5.74, 6) is 0. The first-order valence-corrected chi connectivity index (χ1v) is 6.72. The lowest BCUT2D eigenvalue weighted by Gasteiger charge is -2.14. The van der Waals surface area contributed by atoms with Gasteiger partial charge in [-0.25, -0.2) is 0 Å². The van der Waals surface area contributed by atoms with E-state index < -0.39 is 0 Å². The second-order valence-electron chi connectivity index (χ2n) is 3.45. The minimum Gasteiger partial charge on any atom is -0.172 e. The average Bonchev–Trinajstić information content (AvgIpc) is 3.01. The van der Waals surface area contributed by atoms with Gasteiger partial charge < -0.3 is 0 Å². The van der Waals surface area contributed by atoms with Crippen LogP contribution in [-0.4, -0.2) is 11.4 Å². The first-order chi connectivity index (χ1) is 8.86. The molecule has 0 N–H and O–H groups in total. The fourth-order valence-electron chi connectivity index (χ4n) is 1.93. The molecule has 0 amide bonds. The molecule has 0 aliphatic heterocycles. The molecule has 1 aliphatic carbocycles. The van der Waals surface area contributed by atoms with E-state index in [1.54, 1.807) is 0 Å². The highest BCUT2D eigenvalue weighted by Gasteiger charge is 2.29. The van der Waals surface area contributed by atoms with Crippen molar-refractivity contribution in [2.24, 2.45) is 9.98 Å². The van der Waals surface area contributed by atoms with Crippen molar-refractivity contribution in [2.75, 3.05) is 0 Å². The van der Waals surface area contributed by atoms with Gasteiger partial charge in [-0.3, -0.25) is 0 Å². The van der Waals surface area contributed by atoms with E-state index in [4.69, 9.17) is 10.5 Å². The number of hydrogen-bond acceptors (Lipinski definition) is 6. The first kappa shape index (κ1) is 10.8. The number of rotatable bonds is 0. The van der Waals surface area contributed by atoms with Gasteiger partial charge in [0.1, 0.15) is 5.71 Å². The zero-order valence-electron chi connectivity index (χ0n) is 8.91. The van der Waals surface area contributed by atoms with Crippen LogP contribution >= 0.6 is 22.7 Å². The van der Waals surface area contributed by atoms with E-state index in [0.29, 0.717) is 11.4 Å². The van der Waals surface area contributed by atoms with Crippen molar-refractivity contribution in [3.63, 3.8) is 0 Å². The van der Waals surface area contributed by atoms with Crippen LogP contribution in [0.15, 0.2) is 32.9 Å². The predicted octanol–water partition coefficient (Wildman–Crippen LogP) is 2.76. The molecule has 0 fully saturated rings. The molecule has 2 aromatic heterocycles. The molecule has 0 saturated heterocycles. The number of thiophene rings is 2. The van der Waals surface area contributed by atoms with Gasteiger partial charge in [0.15, 0.2) is 0 Å². The maximum absolute atomic E-state index is 8.80. The van der Waals surface area contributed by atoms with Gasteiger partial charge >= 0.3 is 0 Å². The molecule has 3 rings (SSSR count). The second kappa shape index (κ2) is 4.19. The maximum atomic E-state index is 8.80. The van der Waals surface area contributed by atoms with Gasteiger partial charge in [-0.1, -0.05) is 0 Å². The molecule has 0 atom stereocenters. The molecular weight excluding hydrogens is 264 g/mol. The van der Waals surface area contributed by atoms with Gasteiger partial charge in [-0.15, -0.1) is 22.7 Å². The quantitative estimate of drug-likeness (QED) is 0.588. The van der Waals surface area contributed by atoms with Crippen molar-refractivity contribution in [1.29, 1.82) is 10.5 Å². The Kier molecular flexibility index (Phi) is 2.52. The summed E-state index contributed by atoms with van der Waals surface area (Å²) in [7, 11) is 0. The van der Waals surface area contributed by atoms with Crippen LogP contribution < -0.4 is 0 Å². The zero-order valence-corrected chi connectivity index (χ0v) is 10.5. The standard InChI is InChI=1S/C12H4N4S2/c13-5-15-9-7-1-3-17-11(7)10(16-6-14)12-8(9)2-4-18-12/h1-4H. The highest BCUT2D eigenvalue weighted by atomic mass is 32.1. The van der Waals surface area contributed by atoms with Crippen molar-refractivity contribution in [2.45, 2.75) is 0 Å². The molecule has 4 nitrogen and oxygen atoms in total. The summed E-state index contributed by atoms with van der Waals surface area (Å²) in [5.41, 5.74) is 3.11. The zero-order chi connectivity index (χ0) is 12.5. The Morgan fingerprint density at radius 1 is 0.833 bits per heavy atom. The predicted molar refractivity (Wildman–Crippen MR) is 71.1 cm³/mol. The third-order valence-corrected chi connectivity index (χ3v) is 4.44. The van der Waals surface area contributed by atoms with Crippen LogP contribution in [0.4, 0.5) is 0 Å². The lowest BCUT2D eigenvalue weighted by atomic mass is 9.94. The summed E-state index contributed by atoms with van der Waals surface area (Å²) < 4.78 is 0. The highest BCUT2D eigenvalue weighted by Crippen LogP contribution is 2.34. The molecule has 0 radical (unpaired) electrons. The van der Waals surface area contributed by atoms with Gasteiger partial charge in [0, 0.05) is 11.1 Å². The normalized spacial score (nSPS) is 12.1. The third kappa shape index (κ3) is 1.41. The number of nitrogens with zero attached hydrogens (tertiary/aromatic N) is 4. The number of hydrogen-bond donors (Lipinski definition) is 0. The fourth-order valence-corrected chi connectivity index (χ4v) is 3.78. The summed E-state index contributed by atoms with van der Waals surface area (Å²) in [4.78, 5) is 9.62. The Morgan fingerprint density at radius 3 is 1.83 bits per heavy atom. The summed E-state index contributed by atoms with van der Waals surface area (Å²) >= 11 is 3.01. The summed E-state index contributed by atoms with van der Waals surface area (Å²) in [5, 5.41) is 21.4. The van der Waals surface area contributed by atoms with Crippen molar-refractivity contribution >= 4 is 34.1 Å². The molecule has 84 valence electrons. The molecule has 0 unspecified atom stereocenters. The lowest BCUT2D eigenvalue weighted by Crippen LogP contribution is -2.17. The van der Waals surface area contributed by atoms with Crippen LogP contribution in [0.5, 0.6) is 0 Å². The Hall–Kier alpha value is -2.28. The number of nitriles is 2. The third-order valence-electron chi connectivity index (χ3n) is 2.59. The van der Waals surface area contributed by atoms with Crippen LogP contribution in [0.3, 0.4) is 0 Å². The molecule has 0 spiro atoms. The summed E-state index contributed by atoms with van der Waals surface area (Å²) in [6, 6.07) is 3.81. The minimum absolute atomic E-state index is 0.668. The van der Waals surface area contributed by atoms with E-state index >= 15 is 0 Å². The van der Waals surface area contributed by atoms with Crippen molar-refractivity contribution in [3.05, 3.63) is 43.8 Å². The van der Waals surface area contributed by atoms with Crippen LogP contribution in [0.1, 0.15) is 20.9 Å². The summed E-state index contributed by atoms with van der Waals surface area (Å²) in [6.07, 6.45) is 3.68. The van der Waals surface area contributed by atoms with Gasteiger partial charge in [-0.2, -0.15) is 20.5 Å². The number of fused-ring (bicyclic) bond motifs is 2. The lowest BCUT2D eigenvalue weighted by molar-refractivity contribution is 1.41. The van der Waals surface area contributed by atoms with Crippen LogP contribution in [0.2, 0.25) is 0 Å². The van der Waals surface area contributed by atoms with E-state index in [-0.39, 0.29) is 0 Å². The molecule has 2 aromatic rings. The van der Waals surface area contributed by atoms with Gasteiger partial charge in [0.05, 0.1) is 15.5 Å². The van der Waals surface area contributed by atoms with Gasteiger partial charge in [-0.05, 0) is 22.9 Å². The second-order valence-corrected chi connectivity index (χ2v) is 5.28. The van der Waals surface area contributed by atoms with E-state index in [9.17, 15) is 0 Å². The Labute approximate surface area is 111 Å². The van der Waals surface area contributed by atoms with Crippen molar-refractivity contribution in [1.82, 2.24) is 0 Å². The Morgan fingerprint density at radius 2 is 1.33 bits per heavy atom. The molecule has 0 aromatic carbocycles. The molecule has 18 heavy (non-hydrogen) atoms. The van der Waals surface area contributed by atoms with Gasteiger partial charge in [0.2, 0.25) is 12.4 Å². The monoisotopic (exact) mass is 268 g/mol. The maximum Gasteiger partial charge on any atom is 0.206 e. The largest absolute Gasteiger partial charge is 0.206 e. The molecule has 0 bridgehead atoms. The number of aliphatic imine (C=N–C) groups is 2. The molecule has 0 saturated carbocycles. The topological polar surface area (TPSA) is 72.3 Å². The average molecular weight is 268 g/mol. The summed E-state index contributed by atoms with van der Waals surface area (Å²) in [6.45, 7) is 0. The van der Waals surface area contributed by atoms with E-state index in [2.05, 4.69) is 9.98 Å². The van der Waals surface area contributed by atoms with Crippen molar-refractivity contribution < 1.29 is 0 Å². The molecule has 1 aliphatic rings. The van der Waals surface area contributed by atoms with Crippen LogP contribution in [0, 0.1) is 22.9 Å². The SMILES string of the molecule is N#CN=C1c2ccsc2C(=NC#N)c2sccc21. The van der Waals surface area contributed by atoms with Crippen molar-refractivity contribution in [3.8, 4) is 12.4 Å². The van der Waals surface area contributed by atoms with Gasteiger partial charge in [0.25, 0.3) is 0 Å². The Balaban J connectivity index is 2.37. The minimum atomic E-state index is 0.668. The molecule has 6 heteroatoms. The Bertz CT molecular complexity index is 657. The van der Waals surface area contributed by atoms with E-state index in [0.717, 1.165) is 20.9 Å². The first-order valence-electron chi connectivity index (χ1n) is 4.97. The van der Waals surface area contributed by atoms with Crippen LogP contribution in [0.25, 0.3) is 0 Å². The van der Waals surface area contributed by atoms with Crippen LogP contribution in [-0.2, 0) is 0 Å². The molecule has 2 heterocycles.